The maximum atomic E-state index is 12.9. The number of anilines is 2. The van der Waals surface area contributed by atoms with Crippen LogP contribution >= 0.6 is 0 Å². The van der Waals surface area contributed by atoms with Crippen molar-refractivity contribution in [2.24, 2.45) is 0 Å². The van der Waals surface area contributed by atoms with Gasteiger partial charge in [0.25, 0.3) is 5.91 Å². The first-order valence-corrected chi connectivity index (χ1v) is 11.1. The van der Waals surface area contributed by atoms with E-state index in [9.17, 15) is 4.79 Å². The number of nitrogens with one attached hydrogen (secondary N) is 2. The Balaban J connectivity index is 1.52. The first-order chi connectivity index (χ1) is 15.9. The number of benzene rings is 1. The zero-order chi connectivity index (χ0) is 23.4. The number of rotatable bonds is 6. The lowest BCUT2D eigenvalue weighted by Gasteiger charge is -2.33. The number of carbonyl (C=O) groups excluding carboxylic acids is 1. The van der Waals surface area contributed by atoms with Crippen LogP contribution in [0.3, 0.4) is 0 Å². The van der Waals surface area contributed by atoms with Crippen LogP contribution in [-0.4, -0.2) is 73.1 Å². The Morgan fingerprint density at radius 1 is 1.03 bits per heavy atom. The van der Waals surface area contributed by atoms with E-state index in [2.05, 4.69) is 56.6 Å². The van der Waals surface area contributed by atoms with Gasteiger partial charge in [0.1, 0.15) is 11.6 Å². The average molecular weight is 446 g/mol. The summed E-state index contributed by atoms with van der Waals surface area (Å²) in [6, 6.07) is 11.7. The first-order valence-electron chi connectivity index (χ1n) is 11.1. The summed E-state index contributed by atoms with van der Waals surface area (Å²) < 4.78 is 0. The standard InChI is InChI=1S/C25H31N7O/c1-18(17-31(4)26-2)19-5-6-21-16-28-23(14-22(21)13-19)29-25(33)20-7-8-27-24(15-20)32-11-9-30(3)10-12-32/h5-8,13-17,26H,9-12H2,1-4H3,(H,28,29,33)/b18-17+. The molecule has 0 unspecified atom stereocenters. The monoisotopic (exact) mass is 445 g/mol. The topological polar surface area (TPSA) is 76.6 Å². The number of amides is 1. The summed E-state index contributed by atoms with van der Waals surface area (Å²) in [6.07, 6.45) is 5.52. The summed E-state index contributed by atoms with van der Waals surface area (Å²) in [6.45, 7) is 5.85. The van der Waals surface area contributed by atoms with Crippen LogP contribution in [0.4, 0.5) is 11.6 Å². The number of hydrazine groups is 1. The Morgan fingerprint density at radius 2 is 1.82 bits per heavy atom. The highest BCUT2D eigenvalue weighted by Gasteiger charge is 2.17. The van der Waals surface area contributed by atoms with Crippen LogP contribution in [0, 0.1) is 0 Å². The molecule has 0 saturated carbocycles. The lowest BCUT2D eigenvalue weighted by molar-refractivity contribution is 0.102. The number of fused-ring (bicyclic) bond motifs is 1. The number of likely N-dealkylation sites (N-methyl/N-ethyl adjacent to an activating group) is 1. The third-order valence-electron chi connectivity index (χ3n) is 5.99. The van der Waals surface area contributed by atoms with Crippen LogP contribution in [0.25, 0.3) is 16.3 Å². The number of nitrogens with zero attached hydrogens (tertiary/aromatic N) is 5. The van der Waals surface area contributed by atoms with Crippen molar-refractivity contribution in [1.82, 2.24) is 25.3 Å². The summed E-state index contributed by atoms with van der Waals surface area (Å²) in [5, 5.41) is 6.89. The largest absolute Gasteiger partial charge is 0.354 e. The van der Waals surface area contributed by atoms with Crippen molar-refractivity contribution < 1.29 is 4.79 Å². The minimum atomic E-state index is -0.192. The molecule has 1 saturated heterocycles. The molecule has 8 heteroatoms. The third kappa shape index (κ3) is 5.47. The van der Waals surface area contributed by atoms with E-state index < -0.39 is 0 Å². The van der Waals surface area contributed by atoms with E-state index in [1.165, 1.54) is 0 Å². The number of hydrogen-bond acceptors (Lipinski definition) is 7. The maximum absolute atomic E-state index is 12.9. The van der Waals surface area contributed by atoms with Crippen molar-refractivity contribution in [3.05, 3.63) is 66.1 Å². The highest BCUT2D eigenvalue weighted by Crippen LogP contribution is 2.23. The SMILES string of the molecule is CNN(C)/C=C(\C)c1ccc2cnc(NC(=O)c3ccnc(N4CCN(C)CC4)c3)cc2c1. The zero-order valence-corrected chi connectivity index (χ0v) is 19.7. The summed E-state index contributed by atoms with van der Waals surface area (Å²) in [5.74, 6) is 1.17. The molecule has 3 aromatic rings. The maximum Gasteiger partial charge on any atom is 0.257 e. The molecule has 0 radical (unpaired) electrons. The van der Waals surface area contributed by atoms with Crippen molar-refractivity contribution in [3.8, 4) is 0 Å². The van der Waals surface area contributed by atoms with Gasteiger partial charge in [-0.3, -0.25) is 4.79 Å². The van der Waals surface area contributed by atoms with Crippen molar-refractivity contribution >= 4 is 33.9 Å². The van der Waals surface area contributed by atoms with Gasteiger partial charge in [-0.15, -0.1) is 0 Å². The van der Waals surface area contributed by atoms with E-state index in [0.29, 0.717) is 11.4 Å². The van der Waals surface area contributed by atoms with E-state index in [1.54, 1.807) is 18.5 Å². The van der Waals surface area contributed by atoms with Gasteiger partial charge in [0.05, 0.1) is 0 Å². The van der Waals surface area contributed by atoms with Gasteiger partial charge in [0.2, 0.25) is 0 Å². The molecule has 1 fully saturated rings. The predicted octanol–water partition coefficient (Wildman–Crippen LogP) is 3.06. The molecule has 8 nitrogen and oxygen atoms in total. The molecular weight excluding hydrogens is 414 g/mol. The van der Waals surface area contributed by atoms with E-state index in [4.69, 9.17) is 0 Å². The van der Waals surface area contributed by atoms with Crippen LogP contribution in [0.15, 0.2) is 55.0 Å². The van der Waals surface area contributed by atoms with Gasteiger partial charge in [0.15, 0.2) is 0 Å². The van der Waals surface area contributed by atoms with Crippen LogP contribution in [0.5, 0.6) is 0 Å². The molecule has 2 N–H and O–H groups in total. The fourth-order valence-electron chi connectivity index (χ4n) is 3.84. The Kier molecular flexibility index (Phi) is 6.86. The summed E-state index contributed by atoms with van der Waals surface area (Å²) in [5.41, 5.74) is 5.88. The molecule has 172 valence electrons. The number of allylic oxidation sites excluding steroid dienone is 1. The molecule has 0 bridgehead atoms. The van der Waals surface area contributed by atoms with Gasteiger partial charge in [-0.2, -0.15) is 0 Å². The number of piperazine rings is 1. The minimum absolute atomic E-state index is 0.192. The lowest BCUT2D eigenvalue weighted by atomic mass is 10.0. The summed E-state index contributed by atoms with van der Waals surface area (Å²) >= 11 is 0. The van der Waals surface area contributed by atoms with Crippen molar-refractivity contribution in [3.63, 3.8) is 0 Å². The Labute approximate surface area is 194 Å². The molecule has 1 aliphatic heterocycles. The third-order valence-corrected chi connectivity index (χ3v) is 5.99. The van der Waals surface area contributed by atoms with Gasteiger partial charge in [0, 0.05) is 69.8 Å². The number of aromatic nitrogens is 2. The molecule has 1 amide bonds. The van der Waals surface area contributed by atoms with Crippen LogP contribution in [0.2, 0.25) is 0 Å². The van der Waals surface area contributed by atoms with Gasteiger partial charge in [-0.1, -0.05) is 12.1 Å². The second-order valence-corrected chi connectivity index (χ2v) is 8.43. The molecule has 0 atom stereocenters. The van der Waals surface area contributed by atoms with Crippen molar-refractivity contribution in [2.45, 2.75) is 6.92 Å². The van der Waals surface area contributed by atoms with E-state index in [0.717, 1.165) is 53.9 Å². The molecule has 4 rings (SSSR count). The quantitative estimate of drug-likeness (QED) is 0.565. The number of hydrogen-bond donors (Lipinski definition) is 2. The lowest BCUT2D eigenvalue weighted by Crippen LogP contribution is -2.44. The fourth-order valence-corrected chi connectivity index (χ4v) is 3.84. The van der Waals surface area contributed by atoms with Crippen LogP contribution in [0.1, 0.15) is 22.8 Å². The molecule has 0 aliphatic carbocycles. The molecular formula is C25H31N7O. The number of pyridine rings is 2. The zero-order valence-electron chi connectivity index (χ0n) is 19.7. The molecule has 3 heterocycles. The van der Waals surface area contributed by atoms with E-state index in [-0.39, 0.29) is 5.91 Å². The molecule has 0 spiro atoms. The van der Waals surface area contributed by atoms with Crippen molar-refractivity contribution in [1.29, 1.82) is 0 Å². The Hall–Kier alpha value is -3.49. The molecule has 1 aliphatic rings. The van der Waals surface area contributed by atoms with Gasteiger partial charge in [-0.05, 0) is 54.8 Å². The Morgan fingerprint density at radius 3 is 2.58 bits per heavy atom. The number of carbonyl (C=O) groups is 1. The summed E-state index contributed by atoms with van der Waals surface area (Å²) in [7, 11) is 5.95. The van der Waals surface area contributed by atoms with Gasteiger partial charge >= 0.3 is 0 Å². The average Bonchev–Trinajstić information content (AvgIpc) is 2.84. The molecule has 1 aromatic carbocycles. The van der Waals surface area contributed by atoms with Gasteiger partial charge in [-0.25, -0.2) is 15.4 Å². The van der Waals surface area contributed by atoms with Crippen LogP contribution in [-0.2, 0) is 0 Å². The van der Waals surface area contributed by atoms with Gasteiger partial charge < -0.3 is 20.1 Å². The highest BCUT2D eigenvalue weighted by atomic mass is 16.1. The van der Waals surface area contributed by atoms with E-state index >= 15 is 0 Å². The predicted molar refractivity (Wildman–Crippen MR) is 134 cm³/mol. The second-order valence-electron chi connectivity index (χ2n) is 8.43. The van der Waals surface area contributed by atoms with Crippen molar-refractivity contribution in [2.75, 3.05) is 57.5 Å². The molecule has 33 heavy (non-hydrogen) atoms. The smallest absolute Gasteiger partial charge is 0.257 e. The minimum Gasteiger partial charge on any atom is -0.354 e. The molecule has 2 aromatic heterocycles. The fraction of sp³-hybridized carbons (Fsp3) is 0.320. The second kappa shape index (κ2) is 9.97. The van der Waals surface area contributed by atoms with E-state index in [1.807, 2.05) is 43.5 Å². The van der Waals surface area contributed by atoms with Crippen LogP contribution < -0.4 is 15.6 Å². The normalized spacial score (nSPS) is 15.0. The first kappa shape index (κ1) is 22.7. The summed E-state index contributed by atoms with van der Waals surface area (Å²) in [4.78, 5) is 26.4. The highest BCUT2D eigenvalue weighted by molar-refractivity contribution is 6.05. The Bertz CT molecular complexity index is 1170.